The monoisotopic (exact) mass is 358 g/mol. The minimum Gasteiger partial charge on any atom is -0.353 e. The van der Waals surface area contributed by atoms with Gasteiger partial charge in [-0.3, -0.25) is 14.5 Å². The number of nitrogens with zero attached hydrogens (tertiary/aromatic N) is 2. The van der Waals surface area contributed by atoms with Crippen molar-refractivity contribution in [3.63, 3.8) is 0 Å². The first kappa shape index (κ1) is 20.0. The zero-order valence-electron chi connectivity index (χ0n) is 12.7. The molecule has 6 nitrogen and oxygen atoms in total. The van der Waals surface area contributed by atoms with Gasteiger partial charge >= 0.3 is 6.18 Å². The van der Waals surface area contributed by atoms with E-state index in [1.54, 1.807) is 0 Å². The fourth-order valence-corrected chi connectivity index (χ4v) is 2.76. The molecule has 1 unspecified atom stereocenters. The molecular formula is C13H22ClF3N4O2. The molecular weight excluding hydrogens is 337 g/mol. The number of carbonyl (C=O) groups excluding carboxylic acids is 2. The van der Waals surface area contributed by atoms with Crippen molar-refractivity contribution in [3.05, 3.63) is 0 Å². The number of amides is 2. The van der Waals surface area contributed by atoms with Gasteiger partial charge in [0.15, 0.2) is 0 Å². The Morgan fingerprint density at radius 1 is 1.26 bits per heavy atom. The Labute approximate surface area is 139 Å². The number of alkyl halides is 3. The Kier molecular flexibility index (Phi) is 7.56. The topological polar surface area (TPSA) is 64.7 Å². The Balaban J connectivity index is 0.00000264. The summed E-state index contributed by atoms with van der Waals surface area (Å²) in [5, 5.41) is 5.32. The van der Waals surface area contributed by atoms with Crippen molar-refractivity contribution in [2.75, 3.05) is 45.8 Å². The van der Waals surface area contributed by atoms with E-state index in [0.717, 1.165) is 0 Å². The van der Waals surface area contributed by atoms with E-state index in [1.165, 1.54) is 9.80 Å². The molecule has 2 aliphatic rings. The van der Waals surface area contributed by atoms with E-state index in [9.17, 15) is 22.8 Å². The van der Waals surface area contributed by atoms with Crippen LogP contribution >= 0.6 is 12.4 Å². The third-order valence-electron chi connectivity index (χ3n) is 3.97. The Morgan fingerprint density at radius 2 is 1.91 bits per heavy atom. The summed E-state index contributed by atoms with van der Waals surface area (Å²) in [7, 11) is 0. The molecule has 0 aromatic carbocycles. The SMILES string of the molecule is Cl.O=C(CN1CCCC1=O)NCC(N1CCNCC1)C(F)(F)F. The average Bonchev–Trinajstić information content (AvgIpc) is 2.84. The molecule has 0 aromatic heterocycles. The smallest absolute Gasteiger partial charge is 0.353 e. The summed E-state index contributed by atoms with van der Waals surface area (Å²) >= 11 is 0. The van der Waals surface area contributed by atoms with Crippen LogP contribution in [0.5, 0.6) is 0 Å². The van der Waals surface area contributed by atoms with E-state index in [2.05, 4.69) is 10.6 Å². The minimum atomic E-state index is -4.39. The van der Waals surface area contributed by atoms with Crippen LogP contribution < -0.4 is 10.6 Å². The van der Waals surface area contributed by atoms with Crippen LogP contribution in [-0.4, -0.2) is 79.6 Å². The first-order chi connectivity index (χ1) is 10.4. The lowest BCUT2D eigenvalue weighted by atomic mass is 10.2. The van der Waals surface area contributed by atoms with E-state index < -0.39 is 24.7 Å². The highest BCUT2D eigenvalue weighted by Gasteiger charge is 2.43. The van der Waals surface area contributed by atoms with Crippen LogP contribution in [0.15, 0.2) is 0 Å². The van der Waals surface area contributed by atoms with Crippen LogP contribution in [0.25, 0.3) is 0 Å². The summed E-state index contributed by atoms with van der Waals surface area (Å²) in [5.74, 6) is -0.663. The maximum Gasteiger partial charge on any atom is 0.405 e. The normalized spacial score (nSPS) is 21.0. The summed E-state index contributed by atoms with van der Waals surface area (Å²) in [6.45, 7) is 1.45. The van der Waals surface area contributed by atoms with E-state index in [4.69, 9.17) is 0 Å². The van der Waals surface area contributed by atoms with Crippen LogP contribution in [-0.2, 0) is 9.59 Å². The Morgan fingerprint density at radius 3 is 2.43 bits per heavy atom. The number of hydrogen-bond donors (Lipinski definition) is 2. The molecule has 2 amide bonds. The standard InChI is InChI=1S/C13H21F3N4O2.ClH/c14-13(15,16)10(19-6-3-17-4-7-19)8-18-11(21)9-20-5-1-2-12(20)22;/h10,17H,1-9H2,(H,18,21);1H. The van der Waals surface area contributed by atoms with Gasteiger partial charge in [-0.25, -0.2) is 0 Å². The number of likely N-dealkylation sites (tertiary alicyclic amines) is 1. The van der Waals surface area contributed by atoms with Gasteiger partial charge in [-0.1, -0.05) is 0 Å². The van der Waals surface area contributed by atoms with Crippen LogP contribution in [0, 0.1) is 0 Å². The molecule has 2 aliphatic heterocycles. The van der Waals surface area contributed by atoms with Gasteiger partial charge in [0.2, 0.25) is 11.8 Å². The van der Waals surface area contributed by atoms with Crippen molar-refractivity contribution in [2.24, 2.45) is 0 Å². The second-order valence-electron chi connectivity index (χ2n) is 5.57. The fourth-order valence-electron chi connectivity index (χ4n) is 2.76. The summed E-state index contributed by atoms with van der Waals surface area (Å²) in [5.41, 5.74) is 0. The molecule has 0 aromatic rings. The van der Waals surface area contributed by atoms with E-state index >= 15 is 0 Å². The number of carbonyl (C=O) groups is 2. The second-order valence-corrected chi connectivity index (χ2v) is 5.57. The van der Waals surface area contributed by atoms with Crippen molar-refractivity contribution < 1.29 is 22.8 Å². The first-order valence-corrected chi connectivity index (χ1v) is 7.44. The summed E-state index contributed by atoms with van der Waals surface area (Å²) in [6, 6.07) is -1.69. The van der Waals surface area contributed by atoms with Gasteiger partial charge < -0.3 is 15.5 Å². The predicted octanol–water partition coefficient (Wildman–Crippen LogP) is -0.0171. The summed E-state index contributed by atoms with van der Waals surface area (Å²) in [4.78, 5) is 25.9. The molecule has 1 atom stereocenters. The molecule has 0 radical (unpaired) electrons. The predicted molar refractivity (Wildman–Crippen MR) is 80.4 cm³/mol. The highest BCUT2D eigenvalue weighted by molar-refractivity contribution is 5.86. The molecule has 2 fully saturated rings. The molecule has 10 heteroatoms. The molecule has 2 saturated heterocycles. The summed E-state index contributed by atoms with van der Waals surface area (Å²) in [6.07, 6.45) is -3.30. The molecule has 2 N–H and O–H groups in total. The van der Waals surface area contributed by atoms with E-state index in [0.29, 0.717) is 45.6 Å². The zero-order chi connectivity index (χ0) is 16.2. The Hall–Kier alpha value is -1.06. The fraction of sp³-hybridized carbons (Fsp3) is 0.846. The number of rotatable bonds is 5. The number of piperazine rings is 1. The Bertz CT molecular complexity index is 417. The van der Waals surface area contributed by atoms with Crippen molar-refractivity contribution >= 4 is 24.2 Å². The summed E-state index contributed by atoms with van der Waals surface area (Å²) < 4.78 is 39.4. The van der Waals surface area contributed by atoms with Crippen molar-refractivity contribution in [2.45, 2.75) is 25.1 Å². The molecule has 2 rings (SSSR count). The lowest BCUT2D eigenvalue weighted by Crippen LogP contribution is -2.58. The number of halogens is 4. The molecule has 2 heterocycles. The number of nitrogens with one attached hydrogen (secondary N) is 2. The van der Waals surface area contributed by atoms with Crippen LogP contribution in [0.4, 0.5) is 13.2 Å². The van der Waals surface area contributed by atoms with Crippen LogP contribution in [0.3, 0.4) is 0 Å². The third kappa shape index (κ3) is 5.82. The molecule has 0 bridgehead atoms. The maximum atomic E-state index is 13.1. The van der Waals surface area contributed by atoms with Crippen molar-refractivity contribution in [3.8, 4) is 0 Å². The van der Waals surface area contributed by atoms with Crippen molar-refractivity contribution in [1.29, 1.82) is 0 Å². The van der Waals surface area contributed by atoms with Gasteiger partial charge in [-0.15, -0.1) is 12.4 Å². The largest absolute Gasteiger partial charge is 0.405 e. The third-order valence-corrected chi connectivity index (χ3v) is 3.97. The minimum absolute atomic E-state index is 0. The molecule has 134 valence electrons. The van der Waals surface area contributed by atoms with E-state index in [1.807, 2.05) is 0 Å². The number of hydrogen-bond acceptors (Lipinski definition) is 4. The van der Waals surface area contributed by atoms with E-state index in [-0.39, 0.29) is 24.9 Å². The molecule has 0 saturated carbocycles. The molecule has 0 aliphatic carbocycles. The highest BCUT2D eigenvalue weighted by atomic mass is 35.5. The lowest BCUT2D eigenvalue weighted by molar-refractivity contribution is -0.184. The van der Waals surface area contributed by atoms with Gasteiger partial charge in [0.05, 0.1) is 6.54 Å². The highest BCUT2D eigenvalue weighted by Crippen LogP contribution is 2.24. The molecule has 0 spiro atoms. The van der Waals surface area contributed by atoms with Gasteiger partial charge in [0, 0.05) is 45.7 Å². The van der Waals surface area contributed by atoms with Crippen molar-refractivity contribution in [1.82, 2.24) is 20.4 Å². The average molecular weight is 359 g/mol. The van der Waals surface area contributed by atoms with Gasteiger partial charge in [0.25, 0.3) is 0 Å². The van der Waals surface area contributed by atoms with Crippen LogP contribution in [0.2, 0.25) is 0 Å². The van der Waals surface area contributed by atoms with Gasteiger partial charge in [0.1, 0.15) is 6.04 Å². The molecule has 23 heavy (non-hydrogen) atoms. The quantitative estimate of drug-likeness (QED) is 0.725. The van der Waals surface area contributed by atoms with Gasteiger partial charge in [-0.05, 0) is 6.42 Å². The second kappa shape index (κ2) is 8.70. The zero-order valence-corrected chi connectivity index (χ0v) is 13.5. The van der Waals surface area contributed by atoms with Crippen LogP contribution in [0.1, 0.15) is 12.8 Å². The van der Waals surface area contributed by atoms with Gasteiger partial charge in [-0.2, -0.15) is 13.2 Å². The first-order valence-electron chi connectivity index (χ1n) is 7.44. The maximum absolute atomic E-state index is 13.1. The lowest BCUT2D eigenvalue weighted by Gasteiger charge is -2.36.